The molecule has 5 nitrogen and oxygen atoms in total. The third-order valence-corrected chi connectivity index (χ3v) is 6.74. The lowest BCUT2D eigenvalue weighted by atomic mass is 9.95. The number of nitrogens with one attached hydrogen (secondary N) is 1. The van der Waals surface area contributed by atoms with Crippen molar-refractivity contribution in [3.63, 3.8) is 0 Å². The number of aryl methyl sites for hydroxylation is 2. The van der Waals surface area contributed by atoms with E-state index in [0.29, 0.717) is 11.5 Å². The summed E-state index contributed by atoms with van der Waals surface area (Å²) in [6.07, 6.45) is 3.93. The van der Waals surface area contributed by atoms with E-state index in [0.717, 1.165) is 52.8 Å². The van der Waals surface area contributed by atoms with Gasteiger partial charge in [0.25, 0.3) is 5.91 Å². The molecule has 2 aromatic carbocycles. The molecule has 4 aromatic rings. The zero-order valence-corrected chi connectivity index (χ0v) is 20.8. The summed E-state index contributed by atoms with van der Waals surface area (Å²) in [5.41, 5.74) is 6.53. The van der Waals surface area contributed by atoms with Gasteiger partial charge in [0, 0.05) is 23.7 Å². The Bertz CT molecular complexity index is 1290. The molecular formula is C29H34N4O. The van der Waals surface area contributed by atoms with E-state index in [9.17, 15) is 4.79 Å². The van der Waals surface area contributed by atoms with Gasteiger partial charge in [0.1, 0.15) is 0 Å². The molecule has 0 radical (unpaired) electrons. The van der Waals surface area contributed by atoms with Crippen molar-refractivity contribution in [2.24, 2.45) is 0 Å². The maximum atomic E-state index is 13.6. The second-order valence-electron chi connectivity index (χ2n) is 8.97. The number of hydrogen-bond donors (Lipinski definition) is 1. The van der Waals surface area contributed by atoms with Crippen LogP contribution >= 0.6 is 0 Å². The van der Waals surface area contributed by atoms with E-state index in [-0.39, 0.29) is 11.9 Å². The molecule has 34 heavy (non-hydrogen) atoms. The van der Waals surface area contributed by atoms with Gasteiger partial charge in [-0.1, -0.05) is 63.2 Å². The van der Waals surface area contributed by atoms with E-state index in [1.807, 2.05) is 48.1 Å². The Balaban J connectivity index is 1.69. The molecule has 0 aliphatic rings. The van der Waals surface area contributed by atoms with Gasteiger partial charge in [0.2, 0.25) is 0 Å². The van der Waals surface area contributed by atoms with E-state index in [2.05, 4.69) is 62.4 Å². The van der Waals surface area contributed by atoms with Crippen molar-refractivity contribution < 1.29 is 4.79 Å². The molecule has 0 saturated heterocycles. The monoisotopic (exact) mass is 454 g/mol. The van der Waals surface area contributed by atoms with Gasteiger partial charge in [0.15, 0.2) is 0 Å². The Labute approximate surface area is 202 Å². The number of carbonyl (C=O) groups excluding carboxylic acids is 1. The van der Waals surface area contributed by atoms with Gasteiger partial charge in [0.05, 0.1) is 28.5 Å². The highest BCUT2D eigenvalue weighted by molar-refractivity contribution is 6.07. The number of fused-ring (bicyclic) bond motifs is 1. The molecule has 5 heteroatoms. The van der Waals surface area contributed by atoms with E-state index in [4.69, 9.17) is 4.98 Å². The van der Waals surface area contributed by atoms with Crippen LogP contribution in [0.4, 0.5) is 0 Å². The van der Waals surface area contributed by atoms with Crippen LogP contribution in [0.5, 0.6) is 0 Å². The van der Waals surface area contributed by atoms with Crippen molar-refractivity contribution in [1.82, 2.24) is 20.1 Å². The summed E-state index contributed by atoms with van der Waals surface area (Å²) in [5.74, 6) is 0.448. The summed E-state index contributed by atoms with van der Waals surface area (Å²) < 4.78 is 1.90. The van der Waals surface area contributed by atoms with Crippen LogP contribution in [-0.2, 0) is 6.54 Å². The fraction of sp³-hybridized carbons (Fsp3) is 0.345. The molecule has 2 unspecified atom stereocenters. The summed E-state index contributed by atoms with van der Waals surface area (Å²) >= 11 is 0. The second kappa shape index (κ2) is 10.2. The quantitative estimate of drug-likeness (QED) is 0.318. The summed E-state index contributed by atoms with van der Waals surface area (Å²) in [6.45, 7) is 11.4. The molecule has 0 spiro atoms. The van der Waals surface area contributed by atoms with Gasteiger partial charge >= 0.3 is 0 Å². The predicted octanol–water partition coefficient (Wildman–Crippen LogP) is 6.82. The normalized spacial score (nSPS) is 13.1. The molecule has 0 saturated carbocycles. The minimum Gasteiger partial charge on any atom is -0.345 e. The molecule has 0 aliphatic heterocycles. The van der Waals surface area contributed by atoms with Gasteiger partial charge < -0.3 is 5.32 Å². The molecule has 0 aliphatic carbocycles. The van der Waals surface area contributed by atoms with Crippen LogP contribution in [0.15, 0.2) is 60.8 Å². The first-order valence-corrected chi connectivity index (χ1v) is 12.3. The predicted molar refractivity (Wildman–Crippen MR) is 139 cm³/mol. The summed E-state index contributed by atoms with van der Waals surface area (Å²) in [4.78, 5) is 18.4. The average molecular weight is 455 g/mol. The molecule has 2 heterocycles. The fourth-order valence-corrected chi connectivity index (χ4v) is 4.38. The van der Waals surface area contributed by atoms with Crippen molar-refractivity contribution in [3.8, 4) is 11.3 Å². The number of rotatable bonds is 8. The number of carbonyl (C=O) groups is 1. The Morgan fingerprint density at radius 2 is 1.71 bits per heavy atom. The number of nitrogens with zero attached hydrogens (tertiary/aromatic N) is 3. The van der Waals surface area contributed by atoms with Crippen molar-refractivity contribution in [1.29, 1.82) is 0 Å². The van der Waals surface area contributed by atoms with Crippen LogP contribution in [0.2, 0.25) is 0 Å². The number of benzene rings is 2. The van der Waals surface area contributed by atoms with Crippen LogP contribution in [-0.4, -0.2) is 20.7 Å². The van der Waals surface area contributed by atoms with Crippen molar-refractivity contribution in [2.75, 3.05) is 0 Å². The van der Waals surface area contributed by atoms with Crippen molar-refractivity contribution >= 4 is 16.8 Å². The first-order chi connectivity index (χ1) is 16.4. The van der Waals surface area contributed by atoms with Gasteiger partial charge in [-0.15, -0.1) is 0 Å². The summed E-state index contributed by atoms with van der Waals surface area (Å²) in [7, 11) is 0. The first-order valence-electron chi connectivity index (χ1n) is 12.3. The molecule has 0 bridgehead atoms. The third-order valence-electron chi connectivity index (χ3n) is 6.74. The average Bonchev–Trinajstić information content (AvgIpc) is 3.26. The number of para-hydroxylation sites is 1. The molecule has 0 fully saturated rings. The van der Waals surface area contributed by atoms with E-state index >= 15 is 0 Å². The van der Waals surface area contributed by atoms with Gasteiger partial charge in [-0.25, -0.2) is 4.98 Å². The zero-order chi connectivity index (χ0) is 24.2. The lowest BCUT2D eigenvalue weighted by Gasteiger charge is -2.19. The molecule has 2 atom stereocenters. The van der Waals surface area contributed by atoms with Crippen LogP contribution in [0.1, 0.15) is 79.7 Å². The maximum Gasteiger partial charge on any atom is 0.252 e. The molecule has 176 valence electrons. The van der Waals surface area contributed by atoms with E-state index in [1.54, 1.807) is 0 Å². The van der Waals surface area contributed by atoms with Gasteiger partial charge in [-0.2, -0.15) is 5.10 Å². The maximum absolute atomic E-state index is 13.6. The molecule has 1 amide bonds. The van der Waals surface area contributed by atoms with Gasteiger partial charge in [-0.05, 0) is 55.9 Å². The lowest BCUT2D eigenvalue weighted by Crippen LogP contribution is -2.28. The largest absolute Gasteiger partial charge is 0.345 e. The zero-order valence-electron chi connectivity index (χ0n) is 20.8. The highest BCUT2D eigenvalue weighted by Crippen LogP contribution is 2.28. The minimum atomic E-state index is -0.0850. The third kappa shape index (κ3) is 4.74. The Morgan fingerprint density at radius 3 is 2.35 bits per heavy atom. The Hall–Kier alpha value is -3.47. The van der Waals surface area contributed by atoms with Crippen LogP contribution in [0.25, 0.3) is 22.2 Å². The molecule has 2 aromatic heterocycles. The Kier molecular flexibility index (Phi) is 7.11. The van der Waals surface area contributed by atoms with Crippen molar-refractivity contribution in [3.05, 3.63) is 83.2 Å². The number of aromatic nitrogens is 3. The van der Waals surface area contributed by atoms with Crippen molar-refractivity contribution in [2.45, 2.75) is 66.0 Å². The Morgan fingerprint density at radius 1 is 1.00 bits per heavy atom. The number of amides is 1. The number of pyridine rings is 1. The highest BCUT2D eigenvalue weighted by atomic mass is 16.1. The SMILES string of the molecule is CCC(C)c1ccc(C(CC)NC(=O)c2cc(-c3cn(CC)nc3C)nc3ccccc23)cc1. The van der Waals surface area contributed by atoms with Gasteiger partial charge in [-0.3, -0.25) is 9.48 Å². The smallest absolute Gasteiger partial charge is 0.252 e. The van der Waals surface area contributed by atoms with Crippen LogP contribution < -0.4 is 5.32 Å². The molecule has 1 N–H and O–H groups in total. The summed E-state index contributed by atoms with van der Waals surface area (Å²) in [5, 5.41) is 8.69. The minimum absolute atomic E-state index is 0.0570. The fourth-order valence-electron chi connectivity index (χ4n) is 4.38. The standard InChI is InChI=1S/C29H34N4O/c1-6-19(4)21-13-15-22(16-14-21)26(7-2)31-29(34)24-17-28(25-18-33(8-3)32-20(25)5)30-27-12-10-9-11-23(24)27/h9-19,26H,6-8H2,1-5H3,(H,31,34). The number of hydrogen-bond acceptors (Lipinski definition) is 3. The summed E-state index contributed by atoms with van der Waals surface area (Å²) in [6, 6.07) is 18.3. The molecular weight excluding hydrogens is 420 g/mol. The first kappa shape index (κ1) is 23.7. The topological polar surface area (TPSA) is 59.8 Å². The van der Waals surface area contributed by atoms with Crippen LogP contribution in [0, 0.1) is 6.92 Å². The van der Waals surface area contributed by atoms with Crippen LogP contribution in [0.3, 0.4) is 0 Å². The van der Waals surface area contributed by atoms with E-state index < -0.39 is 0 Å². The van der Waals surface area contributed by atoms with E-state index in [1.165, 1.54) is 5.56 Å². The lowest BCUT2D eigenvalue weighted by molar-refractivity contribution is 0.0937. The second-order valence-corrected chi connectivity index (χ2v) is 8.97. The highest BCUT2D eigenvalue weighted by Gasteiger charge is 2.19. The molecule has 4 rings (SSSR count).